The van der Waals surface area contributed by atoms with Crippen LogP contribution in [0.25, 0.3) is 11.3 Å². The van der Waals surface area contributed by atoms with Crippen LogP contribution in [0.5, 0.6) is 5.75 Å². The Hall–Kier alpha value is -3.93. The highest BCUT2D eigenvalue weighted by molar-refractivity contribution is 6.00. The number of amides is 1. The van der Waals surface area contributed by atoms with E-state index in [0.29, 0.717) is 17.9 Å². The first-order valence-electron chi connectivity index (χ1n) is 10.4. The molecule has 5 rings (SSSR count). The van der Waals surface area contributed by atoms with Gasteiger partial charge in [0, 0.05) is 17.7 Å². The van der Waals surface area contributed by atoms with Gasteiger partial charge in [-0.15, -0.1) is 0 Å². The van der Waals surface area contributed by atoms with E-state index in [4.69, 9.17) is 4.74 Å². The summed E-state index contributed by atoms with van der Waals surface area (Å²) >= 11 is 0. The van der Waals surface area contributed by atoms with Crippen molar-refractivity contribution >= 4 is 5.91 Å². The molecule has 3 aromatic carbocycles. The number of methoxy groups -OCH3 is 1. The standard InChI is InChI=1S/C26H22FN3O2/c1-16-3-5-17(6-4-16)15-30-25(19-7-11-20(27)12-8-19)22-23(28-29-24(22)26(30)31)18-9-13-21(32-2)14-10-18/h3-14,25H,15H2,1-2H3,(H,28,29). The molecule has 160 valence electrons. The van der Waals surface area contributed by atoms with Gasteiger partial charge < -0.3 is 9.64 Å². The number of aromatic nitrogens is 2. The zero-order valence-corrected chi connectivity index (χ0v) is 17.8. The van der Waals surface area contributed by atoms with Crippen LogP contribution in [0.15, 0.2) is 72.8 Å². The Labute approximate surface area is 185 Å². The molecule has 1 aliphatic rings. The molecule has 0 aliphatic carbocycles. The molecule has 1 unspecified atom stereocenters. The molecule has 0 spiro atoms. The molecular weight excluding hydrogens is 405 g/mol. The number of nitrogens with zero attached hydrogens (tertiary/aromatic N) is 2. The van der Waals surface area contributed by atoms with Crippen molar-refractivity contribution in [2.24, 2.45) is 0 Å². The average Bonchev–Trinajstić information content (AvgIpc) is 3.35. The topological polar surface area (TPSA) is 58.2 Å². The second-order valence-electron chi connectivity index (χ2n) is 7.96. The van der Waals surface area contributed by atoms with Crippen molar-refractivity contribution in [2.45, 2.75) is 19.5 Å². The van der Waals surface area contributed by atoms with Gasteiger partial charge in [-0.05, 0) is 54.4 Å². The molecule has 0 radical (unpaired) electrons. The third kappa shape index (κ3) is 3.43. The van der Waals surface area contributed by atoms with Crippen molar-refractivity contribution in [3.05, 3.63) is 107 Å². The lowest BCUT2D eigenvalue weighted by Crippen LogP contribution is -2.29. The Morgan fingerprint density at radius 2 is 1.69 bits per heavy atom. The fourth-order valence-electron chi connectivity index (χ4n) is 4.21. The van der Waals surface area contributed by atoms with E-state index < -0.39 is 0 Å². The molecule has 1 N–H and O–H groups in total. The second kappa shape index (κ2) is 7.96. The quantitative estimate of drug-likeness (QED) is 0.472. The number of rotatable bonds is 5. The summed E-state index contributed by atoms with van der Waals surface area (Å²) in [4.78, 5) is 15.2. The summed E-state index contributed by atoms with van der Waals surface area (Å²) in [6.45, 7) is 2.47. The molecular formula is C26H22FN3O2. The summed E-state index contributed by atoms with van der Waals surface area (Å²) in [5, 5.41) is 7.43. The van der Waals surface area contributed by atoms with Crippen LogP contribution < -0.4 is 4.74 Å². The van der Waals surface area contributed by atoms with E-state index >= 15 is 0 Å². The third-order valence-electron chi connectivity index (χ3n) is 5.89. The molecule has 0 fully saturated rings. The number of aryl methyl sites for hydroxylation is 1. The molecule has 1 aromatic heterocycles. The minimum atomic E-state index is -0.379. The summed E-state index contributed by atoms with van der Waals surface area (Å²) in [6, 6.07) is 21.6. The van der Waals surface area contributed by atoms with Gasteiger partial charge in [0.15, 0.2) is 0 Å². The van der Waals surface area contributed by atoms with Crippen LogP contribution >= 0.6 is 0 Å². The Bertz CT molecular complexity index is 1260. The van der Waals surface area contributed by atoms with Gasteiger partial charge in [-0.3, -0.25) is 9.89 Å². The highest BCUT2D eigenvalue weighted by atomic mass is 19.1. The Kier molecular flexibility index (Phi) is 4.98. The van der Waals surface area contributed by atoms with Crippen molar-refractivity contribution in [1.29, 1.82) is 0 Å². The summed E-state index contributed by atoms with van der Waals surface area (Å²) < 4.78 is 18.9. The van der Waals surface area contributed by atoms with Crippen molar-refractivity contribution in [3.63, 3.8) is 0 Å². The number of aromatic amines is 1. The number of carbonyl (C=O) groups is 1. The highest BCUT2D eigenvalue weighted by Crippen LogP contribution is 2.43. The Morgan fingerprint density at radius 1 is 1.00 bits per heavy atom. The first kappa shape index (κ1) is 20.0. The number of hydrogen-bond donors (Lipinski definition) is 1. The highest BCUT2D eigenvalue weighted by Gasteiger charge is 2.42. The number of nitrogens with one attached hydrogen (secondary N) is 1. The van der Waals surface area contributed by atoms with Gasteiger partial charge in [0.25, 0.3) is 5.91 Å². The molecule has 32 heavy (non-hydrogen) atoms. The molecule has 6 heteroatoms. The molecule has 1 atom stereocenters. The van der Waals surface area contributed by atoms with E-state index in [9.17, 15) is 9.18 Å². The van der Waals surface area contributed by atoms with Gasteiger partial charge in [0.05, 0.1) is 18.8 Å². The van der Waals surface area contributed by atoms with Crippen LogP contribution in [-0.4, -0.2) is 28.1 Å². The number of benzene rings is 3. The van der Waals surface area contributed by atoms with E-state index in [2.05, 4.69) is 10.2 Å². The minimum Gasteiger partial charge on any atom is -0.497 e. The lowest BCUT2D eigenvalue weighted by Gasteiger charge is -2.26. The van der Waals surface area contributed by atoms with Crippen LogP contribution in [0.4, 0.5) is 4.39 Å². The first-order valence-corrected chi connectivity index (χ1v) is 10.4. The number of carbonyl (C=O) groups excluding carboxylic acids is 1. The number of ether oxygens (including phenoxy) is 1. The molecule has 2 heterocycles. The van der Waals surface area contributed by atoms with Crippen LogP contribution in [0, 0.1) is 12.7 Å². The van der Waals surface area contributed by atoms with Gasteiger partial charge >= 0.3 is 0 Å². The van der Waals surface area contributed by atoms with Crippen molar-refractivity contribution in [3.8, 4) is 17.0 Å². The van der Waals surface area contributed by atoms with Crippen molar-refractivity contribution in [1.82, 2.24) is 15.1 Å². The molecule has 4 aromatic rings. The zero-order chi connectivity index (χ0) is 22.2. The molecule has 0 bridgehead atoms. The number of H-pyrrole nitrogens is 1. The van der Waals surface area contributed by atoms with E-state index in [0.717, 1.165) is 33.6 Å². The van der Waals surface area contributed by atoms with Gasteiger partial charge in [-0.25, -0.2) is 4.39 Å². The first-order chi connectivity index (χ1) is 15.5. The van der Waals surface area contributed by atoms with Gasteiger partial charge in [-0.2, -0.15) is 5.10 Å². The number of fused-ring (bicyclic) bond motifs is 1. The van der Waals surface area contributed by atoms with Crippen molar-refractivity contribution < 1.29 is 13.9 Å². The smallest absolute Gasteiger partial charge is 0.273 e. The molecule has 0 saturated carbocycles. The predicted octanol–water partition coefficient (Wildman–Crippen LogP) is 5.28. The Morgan fingerprint density at radius 3 is 2.34 bits per heavy atom. The number of halogens is 1. The molecule has 0 saturated heterocycles. The summed E-state index contributed by atoms with van der Waals surface area (Å²) in [7, 11) is 1.62. The second-order valence-corrected chi connectivity index (χ2v) is 7.96. The Balaban J connectivity index is 1.61. The van der Waals surface area contributed by atoms with Crippen LogP contribution in [-0.2, 0) is 6.54 Å². The van der Waals surface area contributed by atoms with Gasteiger partial charge in [-0.1, -0.05) is 42.0 Å². The lowest BCUT2D eigenvalue weighted by molar-refractivity contribution is 0.0730. The molecule has 5 nitrogen and oxygen atoms in total. The third-order valence-corrected chi connectivity index (χ3v) is 5.89. The average molecular weight is 427 g/mol. The largest absolute Gasteiger partial charge is 0.497 e. The lowest BCUT2D eigenvalue weighted by atomic mass is 9.96. The van der Waals surface area contributed by atoms with Gasteiger partial charge in [0.1, 0.15) is 17.3 Å². The van der Waals surface area contributed by atoms with E-state index in [1.54, 1.807) is 19.2 Å². The maximum Gasteiger partial charge on any atom is 0.273 e. The molecule has 1 aliphatic heterocycles. The monoisotopic (exact) mass is 427 g/mol. The van der Waals surface area contributed by atoms with E-state index in [1.807, 2.05) is 60.4 Å². The van der Waals surface area contributed by atoms with Gasteiger partial charge in [0.2, 0.25) is 0 Å². The SMILES string of the molecule is COc1ccc(-c2n[nH]c3c2C(c2ccc(F)cc2)N(Cc2ccc(C)cc2)C3=O)cc1. The normalized spacial score (nSPS) is 15.2. The molecule has 1 amide bonds. The summed E-state index contributed by atoms with van der Waals surface area (Å²) in [6.07, 6.45) is 0. The van der Waals surface area contributed by atoms with E-state index in [-0.39, 0.29) is 17.8 Å². The van der Waals surface area contributed by atoms with Crippen LogP contribution in [0.1, 0.15) is 38.8 Å². The fourth-order valence-corrected chi connectivity index (χ4v) is 4.21. The summed E-state index contributed by atoms with van der Waals surface area (Å²) in [5.74, 6) is 0.307. The number of hydrogen-bond acceptors (Lipinski definition) is 3. The fraction of sp³-hybridized carbons (Fsp3) is 0.154. The maximum absolute atomic E-state index is 13.7. The van der Waals surface area contributed by atoms with Crippen molar-refractivity contribution in [2.75, 3.05) is 7.11 Å². The minimum absolute atomic E-state index is 0.123. The van der Waals surface area contributed by atoms with Crippen LogP contribution in [0.2, 0.25) is 0 Å². The van der Waals surface area contributed by atoms with E-state index in [1.165, 1.54) is 12.1 Å². The maximum atomic E-state index is 13.7. The predicted molar refractivity (Wildman–Crippen MR) is 120 cm³/mol. The van der Waals surface area contributed by atoms with Crippen LogP contribution in [0.3, 0.4) is 0 Å². The zero-order valence-electron chi connectivity index (χ0n) is 17.8. The summed E-state index contributed by atoms with van der Waals surface area (Å²) in [5.41, 5.74) is 5.88.